The van der Waals surface area contributed by atoms with Gasteiger partial charge >= 0.3 is 5.56 Å². The molecule has 1 N–H and O–H groups in total. The van der Waals surface area contributed by atoms with E-state index >= 15 is 0 Å². The molecular weight excluding hydrogens is 284 g/mol. The van der Waals surface area contributed by atoms with Crippen LogP contribution in [0.25, 0.3) is 27.3 Å². The number of aromatic nitrogens is 2. The minimum Gasteiger partial charge on any atom is -0.500 e. The molecular formula is C16H12N2O4. The fourth-order valence-electron chi connectivity index (χ4n) is 3.11. The summed E-state index contributed by atoms with van der Waals surface area (Å²) in [6.07, 6.45) is 0. The third kappa shape index (κ3) is 1.29. The van der Waals surface area contributed by atoms with Crippen molar-refractivity contribution in [3.63, 3.8) is 0 Å². The first-order valence-corrected chi connectivity index (χ1v) is 6.71. The second kappa shape index (κ2) is 4.00. The number of fused-ring (bicyclic) bond motifs is 3. The lowest BCUT2D eigenvalue weighted by Crippen LogP contribution is -2.20. The molecule has 3 heterocycles. The Labute approximate surface area is 123 Å². The maximum absolute atomic E-state index is 12.5. The molecule has 0 amide bonds. The lowest BCUT2D eigenvalue weighted by atomic mass is 10.1. The Morgan fingerprint density at radius 2 is 1.82 bits per heavy atom. The summed E-state index contributed by atoms with van der Waals surface area (Å²) in [6.45, 7) is 0. The first kappa shape index (κ1) is 12.7. The molecule has 4 rings (SSSR count). The fourth-order valence-corrected chi connectivity index (χ4v) is 3.11. The summed E-state index contributed by atoms with van der Waals surface area (Å²) in [4.78, 5) is 24.8. The smallest absolute Gasteiger partial charge is 0.301 e. The highest BCUT2D eigenvalue weighted by atomic mass is 16.5. The van der Waals surface area contributed by atoms with Gasteiger partial charge in [0.05, 0.1) is 18.1 Å². The molecule has 4 aromatic rings. The lowest BCUT2D eigenvalue weighted by molar-refractivity contribution is 0.371. The van der Waals surface area contributed by atoms with Crippen molar-refractivity contribution in [3.05, 3.63) is 51.0 Å². The van der Waals surface area contributed by atoms with Gasteiger partial charge in [0.15, 0.2) is 5.75 Å². The van der Waals surface area contributed by atoms with Crippen LogP contribution < -0.4 is 15.9 Å². The quantitative estimate of drug-likeness (QED) is 0.577. The molecule has 0 fully saturated rings. The normalized spacial score (nSPS) is 11.7. The molecule has 0 radical (unpaired) electrons. The largest absolute Gasteiger partial charge is 0.500 e. The van der Waals surface area contributed by atoms with Crippen molar-refractivity contribution in [1.29, 1.82) is 0 Å². The molecule has 0 bridgehead atoms. The molecule has 6 heteroatoms. The monoisotopic (exact) mass is 296 g/mol. The second-order valence-corrected chi connectivity index (χ2v) is 5.19. The van der Waals surface area contributed by atoms with E-state index < -0.39 is 11.3 Å². The van der Waals surface area contributed by atoms with E-state index in [1.807, 2.05) is 18.2 Å². The van der Waals surface area contributed by atoms with Crippen molar-refractivity contribution in [3.8, 4) is 11.5 Å². The zero-order valence-electron chi connectivity index (χ0n) is 12.0. The maximum Gasteiger partial charge on any atom is 0.301 e. The van der Waals surface area contributed by atoms with Crippen molar-refractivity contribution in [1.82, 2.24) is 8.97 Å². The summed E-state index contributed by atoms with van der Waals surface area (Å²) in [6, 6.07) is 8.78. The van der Waals surface area contributed by atoms with Crippen molar-refractivity contribution >= 4 is 27.3 Å². The maximum atomic E-state index is 12.5. The molecule has 6 nitrogen and oxygen atoms in total. The molecule has 0 spiro atoms. The van der Waals surface area contributed by atoms with Crippen LogP contribution in [0.15, 0.2) is 39.9 Å². The van der Waals surface area contributed by atoms with Gasteiger partial charge in [0.25, 0.3) is 5.56 Å². The van der Waals surface area contributed by atoms with E-state index in [0.717, 1.165) is 5.39 Å². The highest BCUT2D eigenvalue weighted by molar-refractivity contribution is 6.14. The van der Waals surface area contributed by atoms with Gasteiger partial charge in [0.2, 0.25) is 5.75 Å². The molecule has 0 saturated heterocycles. The number of aryl methyl sites for hydroxylation is 1. The molecule has 0 unspecified atom stereocenters. The number of benzene rings is 1. The number of para-hydroxylation sites is 1. The van der Waals surface area contributed by atoms with Crippen molar-refractivity contribution < 1.29 is 9.84 Å². The number of hydrogen-bond donors (Lipinski definition) is 1. The number of nitrogens with zero attached hydrogens (tertiary/aromatic N) is 2. The van der Waals surface area contributed by atoms with Crippen LogP contribution in [0.3, 0.4) is 0 Å². The molecule has 0 aliphatic rings. The second-order valence-electron chi connectivity index (χ2n) is 5.19. The van der Waals surface area contributed by atoms with Crippen LogP contribution in [0.5, 0.6) is 11.5 Å². The topological polar surface area (TPSA) is 72.9 Å². The minimum absolute atomic E-state index is 0.0190. The van der Waals surface area contributed by atoms with Gasteiger partial charge in [-0.25, -0.2) is 0 Å². The van der Waals surface area contributed by atoms with E-state index in [1.54, 1.807) is 13.1 Å². The Balaban J connectivity index is 2.56. The van der Waals surface area contributed by atoms with E-state index in [4.69, 9.17) is 4.74 Å². The van der Waals surface area contributed by atoms with Crippen molar-refractivity contribution in [2.75, 3.05) is 7.11 Å². The third-order valence-corrected chi connectivity index (χ3v) is 4.11. The van der Waals surface area contributed by atoms with Gasteiger partial charge < -0.3 is 14.4 Å². The van der Waals surface area contributed by atoms with Crippen LogP contribution in [-0.4, -0.2) is 21.2 Å². The molecule has 0 aliphatic carbocycles. The third-order valence-electron chi connectivity index (χ3n) is 4.11. The van der Waals surface area contributed by atoms with Crippen LogP contribution in [0, 0.1) is 0 Å². The molecule has 0 aliphatic heterocycles. The van der Waals surface area contributed by atoms with Gasteiger partial charge in [-0.1, -0.05) is 18.2 Å². The number of ether oxygens (including phenoxy) is 1. The zero-order chi connectivity index (χ0) is 15.6. The molecule has 1 aromatic carbocycles. The molecule has 110 valence electrons. The van der Waals surface area contributed by atoms with Crippen LogP contribution in [0.2, 0.25) is 0 Å². The van der Waals surface area contributed by atoms with Gasteiger partial charge in [0, 0.05) is 23.9 Å². The standard InChI is InChI=1S/C16H12N2O4/c1-17-11(19)7-9-8-5-3-4-6-10(8)18-12(9)13(17)15(22-2)14(20)16(18)21/h3-7,20H,1-2H3. The van der Waals surface area contributed by atoms with E-state index in [2.05, 4.69) is 0 Å². The number of aromatic hydroxyl groups is 1. The number of methoxy groups -OCH3 is 1. The Bertz CT molecular complexity index is 1170. The van der Waals surface area contributed by atoms with Crippen LogP contribution >= 0.6 is 0 Å². The highest BCUT2D eigenvalue weighted by Gasteiger charge is 2.23. The van der Waals surface area contributed by atoms with E-state index in [0.29, 0.717) is 21.9 Å². The average molecular weight is 296 g/mol. The Morgan fingerprint density at radius 3 is 2.55 bits per heavy atom. The number of pyridine rings is 2. The predicted molar refractivity (Wildman–Crippen MR) is 83.3 cm³/mol. The van der Waals surface area contributed by atoms with Crippen LogP contribution in [0.4, 0.5) is 0 Å². The summed E-state index contributed by atoms with van der Waals surface area (Å²) in [5, 5.41) is 11.7. The molecule has 0 atom stereocenters. The zero-order valence-corrected chi connectivity index (χ0v) is 12.0. The molecule has 22 heavy (non-hydrogen) atoms. The molecule has 0 saturated carbocycles. The summed E-state index contributed by atoms with van der Waals surface area (Å²) in [5.41, 5.74) is 0.827. The van der Waals surface area contributed by atoms with Crippen molar-refractivity contribution in [2.45, 2.75) is 0 Å². The Hall–Kier alpha value is -3.02. The van der Waals surface area contributed by atoms with E-state index in [-0.39, 0.29) is 11.3 Å². The van der Waals surface area contributed by atoms with Gasteiger partial charge in [-0.2, -0.15) is 0 Å². The van der Waals surface area contributed by atoms with Gasteiger partial charge in [-0.15, -0.1) is 0 Å². The molecule has 3 aromatic heterocycles. The van der Waals surface area contributed by atoms with Gasteiger partial charge in [-0.3, -0.25) is 14.0 Å². The van der Waals surface area contributed by atoms with E-state index in [1.165, 1.54) is 22.1 Å². The number of hydrogen-bond acceptors (Lipinski definition) is 4. The summed E-state index contributed by atoms with van der Waals surface area (Å²) < 4.78 is 7.99. The van der Waals surface area contributed by atoms with E-state index in [9.17, 15) is 14.7 Å². The SMILES string of the molecule is COc1c(O)c(=O)n2c3ccccc3c3cc(=O)n(C)c1c32. The summed E-state index contributed by atoms with van der Waals surface area (Å²) in [7, 11) is 2.95. The van der Waals surface area contributed by atoms with Crippen LogP contribution in [0.1, 0.15) is 0 Å². The minimum atomic E-state index is -0.561. The van der Waals surface area contributed by atoms with Crippen molar-refractivity contribution in [2.24, 2.45) is 7.05 Å². The fraction of sp³-hybridized carbons (Fsp3) is 0.125. The van der Waals surface area contributed by atoms with Gasteiger partial charge in [-0.05, 0) is 6.07 Å². The van der Waals surface area contributed by atoms with Crippen LogP contribution in [-0.2, 0) is 7.05 Å². The highest BCUT2D eigenvalue weighted by Crippen LogP contribution is 2.36. The predicted octanol–water partition coefficient (Wildman–Crippen LogP) is 1.46. The average Bonchev–Trinajstić information content (AvgIpc) is 2.84. The summed E-state index contributed by atoms with van der Waals surface area (Å²) >= 11 is 0. The Morgan fingerprint density at radius 1 is 1.09 bits per heavy atom. The summed E-state index contributed by atoms with van der Waals surface area (Å²) in [5.74, 6) is -0.482. The lowest BCUT2D eigenvalue weighted by Gasteiger charge is -2.11. The first-order chi connectivity index (χ1) is 10.6. The number of rotatable bonds is 1. The Kier molecular flexibility index (Phi) is 2.31. The first-order valence-electron chi connectivity index (χ1n) is 6.71. The van der Waals surface area contributed by atoms with Gasteiger partial charge in [0.1, 0.15) is 5.52 Å².